The molecule has 0 fully saturated rings. The van der Waals surface area contributed by atoms with Crippen molar-refractivity contribution in [2.45, 2.75) is 51.9 Å². The van der Waals surface area contributed by atoms with Crippen LogP contribution >= 0.6 is 46.4 Å². The first-order valence-corrected chi connectivity index (χ1v) is 11.3. The standard InChI is InChI=1S/C21H29Cl4NO3/c1-2-3-4-7-11-26-29-13-9-6-5-8-12-28-21-18(22)15-17(16-19(21)23)27-14-10-20(24)25/h7,10-11,15-16,26H,2-6,8-9,12-14H2,1H3. The second-order valence-electron chi connectivity index (χ2n) is 6.29. The van der Waals surface area contributed by atoms with Gasteiger partial charge in [0.1, 0.15) is 16.8 Å². The lowest BCUT2D eigenvalue weighted by atomic mass is 10.2. The number of rotatable bonds is 16. The van der Waals surface area contributed by atoms with Crippen LogP contribution in [0.15, 0.2) is 35.0 Å². The van der Waals surface area contributed by atoms with Gasteiger partial charge >= 0.3 is 0 Å². The van der Waals surface area contributed by atoms with E-state index in [1.807, 2.05) is 6.20 Å². The van der Waals surface area contributed by atoms with Crippen LogP contribution in [-0.2, 0) is 4.84 Å². The molecular weight excluding hydrogens is 456 g/mol. The minimum atomic E-state index is 0.143. The Morgan fingerprint density at radius 1 is 0.966 bits per heavy atom. The molecule has 1 aromatic carbocycles. The summed E-state index contributed by atoms with van der Waals surface area (Å²) < 4.78 is 11.3. The van der Waals surface area contributed by atoms with Crippen LogP contribution in [0, 0.1) is 0 Å². The molecule has 0 aromatic heterocycles. The molecule has 0 unspecified atom stereocenters. The maximum atomic E-state index is 6.24. The molecule has 0 heterocycles. The summed E-state index contributed by atoms with van der Waals surface area (Å²) in [5.74, 6) is 0.987. The molecule has 1 N–H and O–H groups in total. The summed E-state index contributed by atoms with van der Waals surface area (Å²) in [7, 11) is 0. The van der Waals surface area contributed by atoms with Gasteiger partial charge in [-0.15, -0.1) is 0 Å². The Labute approximate surface area is 194 Å². The molecule has 1 aromatic rings. The fourth-order valence-corrected chi connectivity index (χ4v) is 3.03. The highest BCUT2D eigenvalue weighted by Crippen LogP contribution is 2.37. The van der Waals surface area contributed by atoms with Crippen molar-refractivity contribution >= 4 is 46.4 Å². The third kappa shape index (κ3) is 13.2. The van der Waals surface area contributed by atoms with E-state index in [-0.39, 0.29) is 11.1 Å². The second-order valence-corrected chi connectivity index (χ2v) is 8.12. The SMILES string of the molecule is CCCCC=CNOCCCCCCOc1c(Cl)cc(OCC=C(Cl)Cl)cc1Cl. The Hall–Kier alpha value is -0.780. The highest BCUT2D eigenvalue weighted by Gasteiger charge is 2.10. The van der Waals surface area contributed by atoms with Crippen LogP contribution in [0.1, 0.15) is 51.9 Å². The molecule has 0 saturated carbocycles. The Morgan fingerprint density at radius 2 is 1.66 bits per heavy atom. The maximum Gasteiger partial charge on any atom is 0.156 e. The highest BCUT2D eigenvalue weighted by molar-refractivity contribution is 6.55. The number of allylic oxidation sites excluding steroid dienone is 1. The van der Waals surface area contributed by atoms with E-state index in [2.05, 4.69) is 18.5 Å². The summed E-state index contributed by atoms with van der Waals surface area (Å²) in [6.45, 7) is 3.63. The van der Waals surface area contributed by atoms with Crippen LogP contribution < -0.4 is 15.0 Å². The zero-order valence-corrected chi connectivity index (χ0v) is 19.7. The summed E-state index contributed by atoms with van der Waals surface area (Å²) in [5.41, 5.74) is 2.84. The number of unbranched alkanes of at least 4 members (excludes halogenated alkanes) is 5. The molecule has 0 aliphatic heterocycles. The van der Waals surface area contributed by atoms with Crippen molar-refractivity contribution < 1.29 is 14.3 Å². The van der Waals surface area contributed by atoms with Crippen molar-refractivity contribution in [3.63, 3.8) is 0 Å². The molecule has 0 atom stereocenters. The summed E-state index contributed by atoms with van der Waals surface area (Å²) in [6.07, 6.45) is 13.0. The van der Waals surface area contributed by atoms with Gasteiger partial charge in [0.15, 0.2) is 5.75 Å². The van der Waals surface area contributed by atoms with Crippen molar-refractivity contribution in [3.8, 4) is 11.5 Å². The van der Waals surface area contributed by atoms with Crippen molar-refractivity contribution in [1.29, 1.82) is 0 Å². The number of benzene rings is 1. The Kier molecular flexibility index (Phi) is 15.4. The molecule has 8 heteroatoms. The molecule has 0 spiro atoms. The third-order valence-electron chi connectivity index (χ3n) is 3.84. The maximum absolute atomic E-state index is 6.24. The number of hydroxylamine groups is 1. The molecule has 0 radical (unpaired) electrons. The molecule has 29 heavy (non-hydrogen) atoms. The lowest BCUT2D eigenvalue weighted by Crippen LogP contribution is -2.07. The molecule has 0 saturated heterocycles. The lowest BCUT2D eigenvalue weighted by molar-refractivity contribution is 0.0677. The van der Waals surface area contributed by atoms with Crippen LogP contribution in [0.4, 0.5) is 0 Å². The number of hydrogen-bond acceptors (Lipinski definition) is 4. The molecule has 0 bridgehead atoms. The van der Waals surface area contributed by atoms with Gasteiger partial charge in [0.05, 0.1) is 23.3 Å². The van der Waals surface area contributed by atoms with Gasteiger partial charge in [-0.1, -0.05) is 78.7 Å². The van der Waals surface area contributed by atoms with E-state index in [0.717, 1.165) is 32.1 Å². The van der Waals surface area contributed by atoms with Gasteiger partial charge in [0.2, 0.25) is 0 Å². The molecule has 4 nitrogen and oxygen atoms in total. The van der Waals surface area contributed by atoms with Gasteiger partial charge in [0, 0.05) is 18.3 Å². The predicted octanol–water partition coefficient (Wildman–Crippen LogP) is 7.86. The Morgan fingerprint density at radius 3 is 2.31 bits per heavy atom. The largest absolute Gasteiger partial charge is 0.490 e. The molecule has 0 aliphatic rings. The van der Waals surface area contributed by atoms with Crippen molar-refractivity contribution in [2.75, 3.05) is 19.8 Å². The summed E-state index contributed by atoms with van der Waals surface area (Å²) >= 11 is 23.6. The second kappa shape index (κ2) is 17.0. The minimum absolute atomic E-state index is 0.143. The van der Waals surface area contributed by atoms with E-state index in [1.165, 1.54) is 18.9 Å². The zero-order valence-electron chi connectivity index (χ0n) is 16.7. The van der Waals surface area contributed by atoms with E-state index in [4.69, 9.17) is 60.7 Å². The summed E-state index contributed by atoms with van der Waals surface area (Å²) in [4.78, 5) is 5.34. The van der Waals surface area contributed by atoms with Gasteiger partial charge in [-0.25, -0.2) is 0 Å². The smallest absolute Gasteiger partial charge is 0.156 e. The Balaban J connectivity index is 2.15. The van der Waals surface area contributed by atoms with Crippen LogP contribution in [-0.4, -0.2) is 19.8 Å². The van der Waals surface area contributed by atoms with Crippen LogP contribution in [0.2, 0.25) is 10.0 Å². The van der Waals surface area contributed by atoms with E-state index in [9.17, 15) is 0 Å². The van der Waals surface area contributed by atoms with Crippen molar-refractivity contribution in [2.24, 2.45) is 0 Å². The highest BCUT2D eigenvalue weighted by atomic mass is 35.5. The number of halogens is 4. The quantitative estimate of drug-likeness (QED) is 0.191. The predicted molar refractivity (Wildman–Crippen MR) is 123 cm³/mol. The molecular formula is C21H29Cl4NO3. The number of ether oxygens (including phenoxy) is 2. The van der Waals surface area contributed by atoms with Gasteiger partial charge in [-0.3, -0.25) is 10.3 Å². The first kappa shape index (κ1) is 26.3. The van der Waals surface area contributed by atoms with E-state index >= 15 is 0 Å². The summed E-state index contributed by atoms with van der Waals surface area (Å²) in [5, 5.41) is 0.805. The van der Waals surface area contributed by atoms with Gasteiger partial charge in [-0.05, 0) is 31.8 Å². The molecule has 1 rings (SSSR count). The van der Waals surface area contributed by atoms with Crippen LogP contribution in [0.5, 0.6) is 11.5 Å². The fourth-order valence-electron chi connectivity index (χ4n) is 2.32. The normalized spacial score (nSPS) is 10.9. The van der Waals surface area contributed by atoms with Crippen molar-refractivity contribution in [1.82, 2.24) is 5.48 Å². The Bertz CT molecular complexity index is 611. The molecule has 0 amide bonds. The number of hydrogen-bond donors (Lipinski definition) is 1. The number of nitrogens with one attached hydrogen (secondary N) is 1. The molecule has 164 valence electrons. The first-order valence-electron chi connectivity index (χ1n) is 9.82. The lowest BCUT2D eigenvalue weighted by Gasteiger charge is -2.12. The fraction of sp³-hybridized carbons (Fsp3) is 0.524. The monoisotopic (exact) mass is 483 g/mol. The first-order chi connectivity index (χ1) is 14.0. The minimum Gasteiger partial charge on any atom is -0.490 e. The van der Waals surface area contributed by atoms with Crippen LogP contribution in [0.25, 0.3) is 0 Å². The average molecular weight is 485 g/mol. The van der Waals surface area contributed by atoms with E-state index in [0.29, 0.717) is 34.8 Å². The van der Waals surface area contributed by atoms with Gasteiger partial charge < -0.3 is 9.47 Å². The van der Waals surface area contributed by atoms with Gasteiger partial charge in [-0.2, -0.15) is 0 Å². The van der Waals surface area contributed by atoms with Crippen molar-refractivity contribution in [3.05, 3.63) is 45.0 Å². The van der Waals surface area contributed by atoms with E-state index in [1.54, 1.807) is 12.1 Å². The average Bonchev–Trinajstić information content (AvgIpc) is 2.67. The third-order valence-corrected chi connectivity index (χ3v) is 4.71. The molecule has 0 aliphatic carbocycles. The van der Waals surface area contributed by atoms with Crippen LogP contribution in [0.3, 0.4) is 0 Å². The zero-order chi connectivity index (χ0) is 21.3. The topological polar surface area (TPSA) is 39.7 Å². The summed E-state index contributed by atoms with van der Waals surface area (Å²) in [6, 6.07) is 3.31. The van der Waals surface area contributed by atoms with E-state index < -0.39 is 0 Å². The van der Waals surface area contributed by atoms with Gasteiger partial charge in [0.25, 0.3) is 0 Å².